The molecule has 0 atom stereocenters. The van der Waals surface area contributed by atoms with Gasteiger partial charge in [-0.3, -0.25) is 4.79 Å². The lowest BCUT2D eigenvalue weighted by molar-refractivity contribution is 0.102. The molecule has 0 radical (unpaired) electrons. The fraction of sp³-hybridized carbons (Fsp3) is 0.261. The third kappa shape index (κ3) is 4.71. The van der Waals surface area contributed by atoms with E-state index in [-0.39, 0.29) is 5.91 Å². The van der Waals surface area contributed by atoms with Crippen LogP contribution in [0.15, 0.2) is 54.7 Å². The number of carbonyl (C=O) groups excluding carboxylic acids is 1. The van der Waals surface area contributed by atoms with Crippen molar-refractivity contribution in [3.05, 3.63) is 71.4 Å². The van der Waals surface area contributed by atoms with Crippen LogP contribution in [0.3, 0.4) is 0 Å². The summed E-state index contributed by atoms with van der Waals surface area (Å²) >= 11 is 0. The first-order chi connectivity index (χ1) is 14.1. The van der Waals surface area contributed by atoms with Crippen LogP contribution in [0.2, 0.25) is 0 Å². The first kappa shape index (κ1) is 18.9. The van der Waals surface area contributed by atoms with Crippen molar-refractivity contribution in [3.8, 4) is 0 Å². The zero-order chi connectivity index (χ0) is 20.2. The first-order valence-corrected chi connectivity index (χ1v) is 9.91. The Morgan fingerprint density at radius 1 is 0.931 bits per heavy atom. The number of amides is 1. The number of aromatic nitrogens is 2. The third-order valence-corrected chi connectivity index (χ3v) is 5.01. The van der Waals surface area contributed by atoms with Crippen LogP contribution in [0, 0.1) is 13.8 Å². The fourth-order valence-corrected chi connectivity index (χ4v) is 3.66. The van der Waals surface area contributed by atoms with Crippen molar-refractivity contribution in [2.45, 2.75) is 26.7 Å². The number of aryl methyl sites for hydroxylation is 2. The van der Waals surface area contributed by atoms with Crippen LogP contribution in [0.4, 0.5) is 22.9 Å². The largest absolute Gasteiger partial charge is 0.370 e. The van der Waals surface area contributed by atoms with Gasteiger partial charge in [0.1, 0.15) is 0 Å². The molecule has 2 N–H and O–H groups in total. The van der Waals surface area contributed by atoms with Gasteiger partial charge in [-0.15, -0.1) is 5.10 Å². The molecule has 148 valence electrons. The standard InChI is InChI=1S/C23H25N5O/c1-16-11-17(2)13-18(12-16)23(29)26-20-7-5-19(6-8-20)25-22-14-21(15-24-27-22)28-9-3-4-10-28/h5-8,11-15H,3-4,9-10H2,1-2H3,(H,25,27)(H,26,29). The summed E-state index contributed by atoms with van der Waals surface area (Å²) in [6.45, 7) is 6.12. The monoisotopic (exact) mass is 387 g/mol. The van der Waals surface area contributed by atoms with Crippen molar-refractivity contribution in [1.29, 1.82) is 0 Å². The van der Waals surface area contributed by atoms with E-state index in [1.165, 1.54) is 12.8 Å². The van der Waals surface area contributed by atoms with Crippen LogP contribution >= 0.6 is 0 Å². The minimum absolute atomic E-state index is 0.110. The average Bonchev–Trinajstić information content (AvgIpc) is 3.24. The zero-order valence-electron chi connectivity index (χ0n) is 16.8. The van der Waals surface area contributed by atoms with Crippen LogP contribution in [-0.4, -0.2) is 29.2 Å². The van der Waals surface area contributed by atoms with E-state index in [1.54, 1.807) is 0 Å². The lowest BCUT2D eigenvalue weighted by Gasteiger charge is -2.17. The highest BCUT2D eigenvalue weighted by molar-refractivity contribution is 6.04. The zero-order valence-corrected chi connectivity index (χ0v) is 16.8. The number of nitrogens with zero attached hydrogens (tertiary/aromatic N) is 3. The van der Waals surface area contributed by atoms with Gasteiger partial charge in [0.15, 0.2) is 5.82 Å². The van der Waals surface area contributed by atoms with Gasteiger partial charge in [-0.1, -0.05) is 17.2 Å². The van der Waals surface area contributed by atoms with Gasteiger partial charge in [0.25, 0.3) is 5.91 Å². The molecule has 0 saturated carbocycles. The number of anilines is 4. The molecule has 0 spiro atoms. The second kappa shape index (κ2) is 8.31. The molecule has 1 aromatic heterocycles. The molecule has 1 aliphatic rings. The maximum atomic E-state index is 12.5. The minimum Gasteiger partial charge on any atom is -0.370 e. The Bertz CT molecular complexity index is 990. The maximum Gasteiger partial charge on any atom is 0.255 e. The smallest absolute Gasteiger partial charge is 0.255 e. The molecule has 2 aromatic carbocycles. The topological polar surface area (TPSA) is 70.2 Å². The number of nitrogens with one attached hydrogen (secondary N) is 2. The molecule has 0 unspecified atom stereocenters. The van der Waals surface area contributed by atoms with E-state index in [2.05, 4.69) is 31.8 Å². The summed E-state index contributed by atoms with van der Waals surface area (Å²) in [5.74, 6) is 0.600. The SMILES string of the molecule is Cc1cc(C)cc(C(=O)Nc2ccc(Nc3cc(N4CCCC4)cnn3)cc2)c1. The van der Waals surface area contributed by atoms with E-state index in [9.17, 15) is 4.79 Å². The summed E-state index contributed by atoms with van der Waals surface area (Å²) in [5, 5.41) is 14.5. The number of carbonyl (C=O) groups is 1. The molecular weight excluding hydrogens is 362 g/mol. The molecule has 6 heteroatoms. The summed E-state index contributed by atoms with van der Waals surface area (Å²) in [6.07, 6.45) is 4.25. The van der Waals surface area contributed by atoms with Gasteiger partial charge in [-0.2, -0.15) is 5.10 Å². The van der Waals surface area contributed by atoms with Gasteiger partial charge in [0, 0.05) is 36.1 Å². The van der Waals surface area contributed by atoms with Gasteiger partial charge in [0.2, 0.25) is 0 Å². The van der Waals surface area contributed by atoms with Crippen molar-refractivity contribution in [1.82, 2.24) is 10.2 Å². The van der Waals surface area contributed by atoms with Crippen LogP contribution < -0.4 is 15.5 Å². The summed E-state index contributed by atoms with van der Waals surface area (Å²) in [7, 11) is 0. The van der Waals surface area contributed by atoms with Crippen LogP contribution in [0.5, 0.6) is 0 Å². The lowest BCUT2D eigenvalue weighted by atomic mass is 10.1. The van der Waals surface area contributed by atoms with E-state index in [0.717, 1.165) is 41.3 Å². The Morgan fingerprint density at radius 3 is 2.28 bits per heavy atom. The van der Waals surface area contributed by atoms with Crippen molar-refractivity contribution in [2.75, 3.05) is 28.6 Å². The molecule has 0 aliphatic carbocycles. The van der Waals surface area contributed by atoms with E-state index in [1.807, 2.05) is 62.5 Å². The van der Waals surface area contributed by atoms with Gasteiger partial charge in [0.05, 0.1) is 11.9 Å². The Hall–Kier alpha value is -3.41. The predicted octanol–water partition coefficient (Wildman–Crippen LogP) is 4.69. The summed E-state index contributed by atoms with van der Waals surface area (Å²) in [6, 6.07) is 15.4. The molecule has 3 aromatic rings. The Morgan fingerprint density at radius 2 is 1.59 bits per heavy atom. The molecule has 1 amide bonds. The van der Waals surface area contributed by atoms with Gasteiger partial charge in [-0.25, -0.2) is 0 Å². The highest BCUT2D eigenvalue weighted by Crippen LogP contribution is 2.23. The second-order valence-corrected chi connectivity index (χ2v) is 7.53. The molecule has 0 bridgehead atoms. The van der Waals surface area contributed by atoms with Gasteiger partial charge in [-0.05, 0) is 63.1 Å². The van der Waals surface area contributed by atoms with E-state index in [4.69, 9.17) is 0 Å². The van der Waals surface area contributed by atoms with Crippen molar-refractivity contribution in [2.24, 2.45) is 0 Å². The number of rotatable bonds is 5. The normalized spacial score (nSPS) is 13.4. The molecule has 4 rings (SSSR count). The molecule has 29 heavy (non-hydrogen) atoms. The van der Waals surface area contributed by atoms with Gasteiger partial charge < -0.3 is 15.5 Å². The van der Waals surface area contributed by atoms with Crippen molar-refractivity contribution >= 4 is 28.8 Å². The summed E-state index contributed by atoms with van der Waals surface area (Å²) in [5.41, 5.74) is 5.55. The molecule has 1 aliphatic heterocycles. The number of hydrogen-bond donors (Lipinski definition) is 2. The second-order valence-electron chi connectivity index (χ2n) is 7.53. The molecule has 1 fully saturated rings. The Labute approximate surface area is 171 Å². The van der Waals surface area contributed by atoms with Crippen LogP contribution in [0.25, 0.3) is 0 Å². The molecule has 2 heterocycles. The molecule has 6 nitrogen and oxygen atoms in total. The Kier molecular flexibility index (Phi) is 5.42. The Balaban J connectivity index is 1.41. The quantitative estimate of drug-likeness (QED) is 0.665. The first-order valence-electron chi connectivity index (χ1n) is 9.91. The van der Waals surface area contributed by atoms with E-state index in [0.29, 0.717) is 11.4 Å². The van der Waals surface area contributed by atoms with Crippen LogP contribution in [0.1, 0.15) is 34.3 Å². The van der Waals surface area contributed by atoms with Crippen LogP contribution in [-0.2, 0) is 0 Å². The number of hydrogen-bond acceptors (Lipinski definition) is 5. The van der Waals surface area contributed by atoms with E-state index < -0.39 is 0 Å². The predicted molar refractivity (Wildman–Crippen MR) is 117 cm³/mol. The van der Waals surface area contributed by atoms with Crippen molar-refractivity contribution < 1.29 is 4.79 Å². The van der Waals surface area contributed by atoms with Crippen molar-refractivity contribution in [3.63, 3.8) is 0 Å². The number of benzene rings is 2. The molecule has 1 saturated heterocycles. The maximum absolute atomic E-state index is 12.5. The fourth-order valence-electron chi connectivity index (χ4n) is 3.66. The van der Waals surface area contributed by atoms with Gasteiger partial charge >= 0.3 is 0 Å². The highest BCUT2D eigenvalue weighted by atomic mass is 16.1. The average molecular weight is 387 g/mol. The summed E-state index contributed by atoms with van der Waals surface area (Å²) in [4.78, 5) is 14.8. The molecular formula is C23H25N5O. The lowest BCUT2D eigenvalue weighted by Crippen LogP contribution is -2.18. The minimum atomic E-state index is -0.110. The van der Waals surface area contributed by atoms with E-state index >= 15 is 0 Å². The summed E-state index contributed by atoms with van der Waals surface area (Å²) < 4.78 is 0. The highest BCUT2D eigenvalue weighted by Gasteiger charge is 2.13. The third-order valence-electron chi connectivity index (χ3n) is 5.01.